The van der Waals surface area contributed by atoms with Crippen LogP contribution in [0.4, 0.5) is 0 Å². The number of aromatic nitrogens is 1. The zero-order chi connectivity index (χ0) is 16.5. The third-order valence-corrected chi connectivity index (χ3v) is 5.12. The second-order valence-corrected chi connectivity index (χ2v) is 6.78. The minimum atomic E-state index is -0.345. The van der Waals surface area contributed by atoms with Crippen molar-refractivity contribution < 1.29 is 9.53 Å². The van der Waals surface area contributed by atoms with Crippen LogP contribution in [0.1, 0.15) is 45.9 Å². The molecule has 1 unspecified atom stereocenters. The van der Waals surface area contributed by atoms with Crippen LogP contribution in [-0.4, -0.2) is 35.5 Å². The molecule has 2 aliphatic rings. The predicted octanol–water partition coefficient (Wildman–Crippen LogP) is 2.43. The van der Waals surface area contributed by atoms with Crippen molar-refractivity contribution >= 4 is 5.91 Å². The number of hydrogen-bond acceptors (Lipinski definition) is 3. The molecular formula is C19H23N3O2. The van der Waals surface area contributed by atoms with E-state index in [2.05, 4.69) is 28.1 Å². The van der Waals surface area contributed by atoms with Gasteiger partial charge in [0.1, 0.15) is 5.75 Å². The van der Waals surface area contributed by atoms with Gasteiger partial charge in [0.05, 0.1) is 12.2 Å². The lowest BCUT2D eigenvalue weighted by Crippen LogP contribution is -2.34. The molecule has 1 saturated heterocycles. The van der Waals surface area contributed by atoms with E-state index in [-0.39, 0.29) is 5.91 Å². The Kier molecular flexibility index (Phi) is 4.02. The molecule has 0 bridgehead atoms. The van der Waals surface area contributed by atoms with E-state index in [1.807, 2.05) is 6.20 Å². The molecule has 0 saturated carbocycles. The number of carbonyl (C=O) groups is 1. The number of benzene rings is 1. The number of amides is 1. The van der Waals surface area contributed by atoms with Gasteiger partial charge in [0.15, 0.2) is 0 Å². The van der Waals surface area contributed by atoms with E-state index < -0.39 is 0 Å². The number of nitrogens with two attached hydrogens (primary N) is 1. The van der Waals surface area contributed by atoms with Gasteiger partial charge in [-0.25, -0.2) is 0 Å². The Morgan fingerprint density at radius 1 is 1.38 bits per heavy atom. The van der Waals surface area contributed by atoms with Crippen molar-refractivity contribution in [3.8, 4) is 5.75 Å². The molecule has 0 radical (unpaired) electrons. The van der Waals surface area contributed by atoms with Crippen LogP contribution in [0.5, 0.6) is 5.75 Å². The fourth-order valence-electron chi connectivity index (χ4n) is 3.97. The van der Waals surface area contributed by atoms with Crippen molar-refractivity contribution in [2.45, 2.75) is 31.7 Å². The summed E-state index contributed by atoms with van der Waals surface area (Å²) in [5, 5.41) is 0. The minimum Gasteiger partial charge on any atom is -0.493 e. The molecule has 2 aliphatic heterocycles. The van der Waals surface area contributed by atoms with Gasteiger partial charge in [-0.3, -0.25) is 9.69 Å². The van der Waals surface area contributed by atoms with Crippen LogP contribution in [0, 0.1) is 0 Å². The molecule has 0 spiro atoms. The number of rotatable bonds is 4. The molecule has 3 N–H and O–H groups in total. The Morgan fingerprint density at radius 2 is 2.29 bits per heavy atom. The van der Waals surface area contributed by atoms with E-state index in [1.54, 1.807) is 6.07 Å². The maximum atomic E-state index is 11.6. The third-order valence-electron chi connectivity index (χ3n) is 5.12. The molecule has 4 rings (SSSR count). The maximum absolute atomic E-state index is 11.6. The highest BCUT2D eigenvalue weighted by atomic mass is 16.5. The smallest absolute Gasteiger partial charge is 0.250 e. The summed E-state index contributed by atoms with van der Waals surface area (Å²) in [6, 6.07) is 8.32. The average Bonchev–Trinajstić information content (AvgIpc) is 3.24. The van der Waals surface area contributed by atoms with Gasteiger partial charge in [-0.2, -0.15) is 0 Å². The molecule has 5 nitrogen and oxygen atoms in total. The molecule has 1 aromatic carbocycles. The highest BCUT2D eigenvalue weighted by molar-refractivity contribution is 5.94. The Balaban J connectivity index is 1.47. The molecule has 3 heterocycles. The van der Waals surface area contributed by atoms with Gasteiger partial charge in [-0.1, -0.05) is 12.1 Å². The molecule has 5 heteroatoms. The Morgan fingerprint density at radius 3 is 3.17 bits per heavy atom. The zero-order valence-electron chi connectivity index (χ0n) is 13.8. The van der Waals surface area contributed by atoms with Crippen LogP contribution in [0.2, 0.25) is 0 Å². The van der Waals surface area contributed by atoms with Gasteiger partial charge >= 0.3 is 0 Å². The van der Waals surface area contributed by atoms with Crippen LogP contribution in [-0.2, 0) is 13.0 Å². The lowest BCUT2D eigenvalue weighted by molar-refractivity contribution is 0.0997. The normalized spacial score (nSPS) is 20.6. The van der Waals surface area contributed by atoms with E-state index >= 15 is 0 Å². The Hall–Kier alpha value is -2.27. The standard InChI is InChI=1S/C19H23N3O2/c20-19(23)16-5-7-21-18(16)15-2-1-8-22(12-15)11-13-3-4-17-14(10-13)6-9-24-17/h3-5,7,10,15,21H,1-2,6,8-9,11-12H2,(H2,20,23). The van der Waals surface area contributed by atoms with Gasteiger partial charge in [-0.05, 0) is 42.6 Å². The van der Waals surface area contributed by atoms with E-state index in [1.165, 1.54) is 11.1 Å². The molecule has 1 fully saturated rings. The predicted molar refractivity (Wildman–Crippen MR) is 92.2 cm³/mol. The number of primary amides is 1. The molecule has 0 aliphatic carbocycles. The molecule has 24 heavy (non-hydrogen) atoms. The number of piperidine rings is 1. The minimum absolute atomic E-state index is 0.342. The van der Waals surface area contributed by atoms with Crippen molar-refractivity contribution in [2.24, 2.45) is 5.73 Å². The summed E-state index contributed by atoms with van der Waals surface area (Å²) in [7, 11) is 0. The Labute approximate surface area is 141 Å². The first kappa shape index (κ1) is 15.3. The van der Waals surface area contributed by atoms with E-state index in [0.717, 1.165) is 56.9 Å². The molecule has 1 atom stereocenters. The number of hydrogen-bond donors (Lipinski definition) is 2. The summed E-state index contributed by atoms with van der Waals surface area (Å²) >= 11 is 0. The van der Waals surface area contributed by atoms with E-state index in [0.29, 0.717) is 11.5 Å². The van der Waals surface area contributed by atoms with E-state index in [4.69, 9.17) is 10.5 Å². The molecule has 2 aromatic rings. The van der Waals surface area contributed by atoms with Crippen LogP contribution in [0.25, 0.3) is 0 Å². The first-order chi connectivity index (χ1) is 11.7. The second kappa shape index (κ2) is 6.32. The maximum Gasteiger partial charge on any atom is 0.250 e. The Bertz CT molecular complexity index is 753. The first-order valence-corrected chi connectivity index (χ1v) is 8.65. The van der Waals surface area contributed by atoms with Gasteiger partial charge in [0.25, 0.3) is 5.91 Å². The number of aromatic amines is 1. The SMILES string of the molecule is NC(=O)c1cc[nH]c1C1CCCN(Cc2ccc3c(c2)CCO3)C1. The van der Waals surface area contributed by atoms with Crippen LogP contribution in [0.3, 0.4) is 0 Å². The van der Waals surface area contributed by atoms with Crippen LogP contribution < -0.4 is 10.5 Å². The van der Waals surface area contributed by atoms with Crippen molar-refractivity contribution in [1.29, 1.82) is 0 Å². The summed E-state index contributed by atoms with van der Waals surface area (Å²) in [5.74, 6) is 1.03. The highest BCUT2D eigenvalue weighted by Crippen LogP contribution is 2.30. The summed E-state index contributed by atoms with van der Waals surface area (Å²) < 4.78 is 5.58. The summed E-state index contributed by atoms with van der Waals surface area (Å²) in [5.41, 5.74) is 9.78. The van der Waals surface area contributed by atoms with Gasteiger partial charge in [-0.15, -0.1) is 0 Å². The molecule has 1 amide bonds. The first-order valence-electron chi connectivity index (χ1n) is 8.65. The topological polar surface area (TPSA) is 71.4 Å². The number of carbonyl (C=O) groups excluding carboxylic acids is 1. The van der Waals surface area contributed by atoms with Gasteiger partial charge in [0.2, 0.25) is 0 Å². The van der Waals surface area contributed by atoms with Crippen LogP contribution in [0.15, 0.2) is 30.5 Å². The number of H-pyrrole nitrogens is 1. The van der Waals surface area contributed by atoms with Crippen molar-refractivity contribution in [2.75, 3.05) is 19.7 Å². The summed E-state index contributed by atoms with van der Waals surface area (Å²) in [6.07, 6.45) is 5.05. The highest BCUT2D eigenvalue weighted by Gasteiger charge is 2.25. The van der Waals surface area contributed by atoms with Crippen molar-refractivity contribution in [3.63, 3.8) is 0 Å². The lowest BCUT2D eigenvalue weighted by Gasteiger charge is -2.32. The fraction of sp³-hybridized carbons (Fsp3) is 0.421. The van der Waals surface area contributed by atoms with Gasteiger partial charge in [0, 0.05) is 37.3 Å². The van der Waals surface area contributed by atoms with Crippen LogP contribution >= 0.6 is 0 Å². The lowest BCUT2D eigenvalue weighted by atomic mass is 9.92. The number of nitrogens with one attached hydrogen (secondary N) is 1. The quantitative estimate of drug-likeness (QED) is 0.907. The number of fused-ring (bicyclic) bond motifs is 1. The monoisotopic (exact) mass is 325 g/mol. The fourth-order valence-corrected chi connectivity index (χ4v) is 3.97. The summed E-state index contributed by atoms with van der Waals surface area (Å²) in [6.45, 7) is 3.79. The number of nitrogens with zero attached hydrogens (tertiary/aromatic N) is 1. The third kappa shape index (κ3) is 2.91. The largest absolute Gasteiger partial charge is 0.493 e. The molecular weight excluding hydrogens is 302 g/mol. The molecule has 126 valence electrons. The zero-order valence-corrected chi connectivity index (χ0v) is 13.8. The average molecular weight is 325 g/mol. The molecule has 1 aromatic heterocycles. The number of likely N-dealkylation sites (tertiary alicyclic amines) is 1. The van der Waals surface area contributed by atoms with Crippen molar-refractivity contribution in [3.05, 3.63) is 52.8 Å². The second-order valence-electron chi connectivity index (χ2n) is 6.78. The van der Waals surface area contributed by atoms with E-state index in [9.17, 15) is 4.79 Å². The number of ether oxygens (including phenoxy) is 1. The summed E-state index contributed by atoms with van der Waals surface area (Å²) in [4.78, 5) is 17.3. The van der Waals surface area contributed by atoms with Gasteiger partial charge < -0.3 is 15.5 Å². The van der Waals surface area contributed by atoms with Crippen molar-refractivity contribution in [1.82, 2.24) is 9.88 Å².